The minimum absolute atomic E-state index is 0.107. The number of hydrogen-bond donors (Lipinski definition) is 1. The zero-order chi connectivity index (χ0) is 13.7. The quantitative estimate of drug-likeness (QED) is 0.841. The van der Waals surface area contributed by atoms with Crippen molar-refractivity contribution >= 4 is 17.4 Å². The smallest absolute Gasteiger partial charge is 0.234 e. The Hall–Kier alpha value is -1.03. The van der Waals surface area contributed by atoms with Gasteiger partial charge in [0, 0.05) is 11.9 Å². The highest BCUT2D eigenvalue weighted by Gasteiger charge is 2.22. The molecule has 106 valence electrons. The highest BCUT2D eigenvalue weighted by atomic mass is 35.5. The Morgan fingerprint density at radius 1 is 1.37 bits per heavy atom. The molecule has 1 fully saturated rings. The van der Waals surface area contributed by atoms with E-state index >= 15 is 0 Å². The fraction of sp³-hybridized carbons (Fsp3) is 0.714. The highest BCUT2D eigenvalue weighted by Crippen LogP contribution is 2.28. The Bertz CT molecular complexity index is 400. The third-order valence-corrected chi connectivity index (χ3v) is 3.91. The molecule has 0 bridgehead atoms. The number of aromatic nitrogens is 2. The van der Waals surface area contributed by atoms with Crippen LogP contribution in [0.2, 0.25) is 0 Å². The predicted octanol–water partition coefficient (Wildman–Crippen LogP) is 3.47. The molecule has 1 aromatic heterocycles. The number of alkyl halides is 1. The van der Waals surface area contributed by atoms with Crippen molar-refractivity contribution in [3.8, 4) is 5.88 Å². The van der Waals surface area contributed by atoms with Gasteiger partial charge in [-0.2, -0.15) is 4.98 Å². The van der Waals surface area contributed by atoms with Crippen molar-refractivity contribution in [2.75, 3.05) is 11.9 Å². The van der Waals surface area contributed by atoms with Gasteiger partial charge in [0.2, 0.25) is 5.88 Å². The topological polar surface area (TPSA) is 47.0 Å². The number of rotatable bonds is 5. The Balaban J connectivity index is 1.88. The third kappa shape index (κ3) is 4.53. The van der Waals surface area contributed by atoms with E-state index in [4.69, 9.17) is 16.3 Å². The van der Waals surface area contributed by atoms with Crippen LogP contribution in [0.1, 0.15) is 39.5 Å². The van der Waals surface area contributed by atoms with E-state index in [0.29, 0.717) is 11.8 Å². The summed E-state index contributed by atoms with van der Waals surface area (Å²) in [5.74, 6) is 1.84. The maximum atomic E-state index is 6.35. The first kappa shape index (κ1) is 14.4. The Labute approximate surface area is 119 Å². The molecular weight excluding hydrogens is 262 g/mol. The van der Waals surface area contributed by atoms with Crippen LogP contribution < -0.4 is 10.1 Å². The lowest BCUT2D eigenvalue weighted by atomic mass is 9.89. The van der Waals surface area contributed by atoms with Crippen LogP contribution in [0.3, 0.4) is 0 Å². The molecule has 1 heterocycles. The van der Waals surface area contributed by atoms with Crippen LogP contribution in [0, 0.1) is 5.92 Å². The molecule has 0 spiro atoms. The molecule has 5 heteroatoms. The molecule has 1 aliphatic carbocycles. The van der Waals surface area contributed by atoms with Gasteiger partial charge in [-0.25, -0.2) is 0 Å². The summed E-state index contributed by atoms with van der Waals surface area (Å²) in [7, 11) is 0. The van der Waals surface area contributed by atoms with Gasteiger partial charge in [0.05, 0.1) is 18.5 Å². The Kier molecular flexibility index (Phi) is 5.25. The number of anilines is 1. The second-order valence-corrected chi connectivity index (χ2v) is 5.91. The molecule has 0 amide bonds. The van der Waals surface area contributed by atoms with Gasteiger partial charge in [-0.3, -0.25) is 4.98 Å². The largest absolute Gasteiger partial charge is 0.474 e. The van der Waals surface area contributed by atoms with Gasteiger partial charge in [0.15, 0.2) is 0 Å². The van der Waals surface area contributed by atoms with E-state index in [1.54, 1.807) is 12.4 Å². The van der Waals surface area contributed by atoms with Crippen LogP contribution in [0.15, 0.2) is 12.4 Å². The van der Waals surface area contributed by atoms with Crippen molar-refractivity contribution in [3.05, 3.63) is 12.4 Å². The minimum Gasteiger partial charge on any atom is -0.474 e. The van der Waals surface area contributed by atoms with E-state index in [1.807, 2.05) is 13.8 Å². The molecule has 1 N–H and O–H groups in total. The number of nitrogens with one attached hydrogen (secondary N) is 1. The first-order valence-corrected chi connectivity index (χ1v) is 7.45. The molecule has 19 heavy (non-hydrogen) atoms. The van der Waals surface area contributed by atoms with Crippen molar-refractivity contribution in [1.82, 2.24) is 9.97 Å². The molecule has 1 aliphatic rings. The number of ether oxygens (including phenoxy) is 1. The normalized spacial score (nSPS) is 23.4. The fourth-order valence-electron chi connectivity index (χ4n) is 2.36. The van der Waals surface area contributed by atoms with Crippen molar-refractivity contribution in [2.24, 2.45) is 5.92 Å². The Morgan fingerprint density at radius 3 is 2.89 bits per heavy atom. The molecule has 0 radical (unpaired) electrons. The van der Waals surface area contributed by atoms with Crippen LogP contribution >= 0.6 is 11.6 Å². The summed E-state index contributed by atoms with van der Waals surface area (Å²) in [6.07, 6.45) is 8.30. The summed E-state index contributed by atoms with van der Waals surface area (Å²) >= 11 is 6.35. The van der Waals surface area contributed by atoms with E-state index in [0.717, 1.165) is 18.8 Å². The van der Waals surface area contributed by atoms with Gasteiger partial charge in [-0.05, 0) is 32.6 Å². The molecule has 1 saturated carbocycles. The zero-order valence-corrected chi connectivity index (χ0v) is 12.4. The Morgan fingerprint density at radius 2 is 2.16 bits per heavy atom. The fourth-order valence-corrected chi connectivity index (χ4v) is 2.73. The SMILES string of the molecule is CC(C)Oc1cncc(NCC2CCCCC2Cl)n1. The molecule has 0 saturated heterocycles. The monoisotopic (exact) mass is 283 g/mol. The molecule has 2 unspecified atom stereocenters. The zero-order valence-electron chi connectivity index (χ0n) is 11.6. The summed E-state index contributed by atoms with van der Waals surface area (Å²) in [6, 6.07) is 0. The first-order valence-electron chi connectivity index (χ1n) is 7.02. The van der Waals surface area contributed by atoms with Crippen molar-refractivity contribution in [3.63, 3.8) is 0 Å². The van der Waals surface area contributed by atoms with Crippen molar-refractivity contribution < 1.29 is 4.74 Å². The minimum atomic E-state index is 0.107. The van der Waals surface area contributed by atoms with Gasteiger partial charge in [-0.15, -0.1) is 11.6 Å². The summed E-state index contributed by atoms with van der Waals surface area (Å²) in [4.78, 5) is 8.52. The van der Waals surface area contributed by atoms with Gasteiger partial charge in [-0.1, -0.05) is 12.8 Å². The number of nitrogens with zero attached hydrogens (tertiary/aromatic N) is 2. The van der Waals surface area contributed by atoms with Crippen LogP contribution in [0.4, 0.5) is 5.82 Å². The van der Waals surface area contributed by atoms with Gasteiger partial charge < -0.3 is 10.1 Å². The van der Waals surface area contributed by atoms with Crippen LogP contribution in [0.25, 0.3) is 0 Å². The lowest BCUT2D eigenvalue weighted by molar-refractivity contribution is 0.232. The molecule has 1 aromatic rings. The molecule has 0 aromatic carbocycles. The van der Waals surface area contributed by atoms with Gasteiger partial charge in [0.1, 0.15) is 5.82 Å². The van der Waals surface area contributed by atoms with Crippen molar-refractivity contribution in [2.45, 2.75) is 51.0 Å². The van der Waals surface area contributed by atoms with Crippen molar-refractivity contribution in [1.29, 1.82) is 0 Å². The van der Waals surface area contributed by atoms with E-state index in [-0.39, 0.29) is 11.5 Å². The van der Waals surface area contributed by atoms with E-state index in [1.165, 1.54) is 19.3 Å². The molecule has 2 atom stereocenters. The summed E-state index contributed by atoms with van der Waals surface area (Å²) in [5.41, 5.74) is 0. The first-order chi connectivity index (χ1) is 9.15. The molecule has 0 aliphatic heterocycles. The van der Waals surface area contributed by atoms with Crippen LogP contribution in [0.5, 0.6) is 5.88 Å². The lowest BCUT2D eigenvalue weighted by Gasteiger charge is -2.27. The summed E-state index contributed by atoms with van der Waals surface area (Å²) < 4.78 is 5.53. The van der Waals surface area contributed by atoms with Crippen LogP contribution in [-0.4, -0.2) is 28.0 Å². The van der Waals surface area contributed by atoms with Gasteiger partial charge in [0.25, 0.3) is 0 Å². The van der Waals surface area contributed by atoms with E-state index in [9.17, 15) is 0 Å². The second-order valence-electron chi connectivity index (χ2n) is 5.35. The maximum Gasteiger partial charge on any atom is 0.234 e. The average molecular weight is 284 g/mol. The summed E-state index contributed by atoms with van der Waals surface area (Å²) in [6.45, 7) is 4.80. The molecule has 2 rings (SSSR count). The van der Waals surface area contributed by atoms with Crippen LogP contribution in [-0.2, 0) is 0 Å². The standard InChI is InChI=1S/C14H22ClN3O/c1-10(2)19-14-9-16-8-13(18-14)17-7-11-5-3-4-6-12(11)15/h8-12H,3-7H2,1-2H3,(H,17,18). The summed E-state index contributed by atoms with van der Waals surface area (Å²) in [5, 5.41) is 3.60. The number of halogens is 1. The van der Waals surface area contributed by atoms with E-state index < -0.39 is 0 Å². The predicted molar refractivity (Wildman–Crippen MR) is 77.9 cm³/mol. The third-order valence-electron chi connectivity index (χ3n) is 3.33. The molecular formula is C14H22ClN3O. The average Bonchev–Trinajstić information content (AvgIpc) is 2.37. The molecule has 4 nitrogen and oxygen atoms in total. The lowest BCUT2D eigenvalue weighted by Crippen LogP contribution is -2.27. The highest BCUT2D eigenvalue weighted by molar-refractivity contribution is 6.20. The second kappa shape index (κ2) is 6.94. The maximum absolute atomic E-state index is 6.35. The van der Waals surface area contributed by atoms with Gasteiger partial charge >= 0.3 is 0 Å². The van der Waals surface area contributed by atoms with E-state index in [2.05, 4.69) is 15.3 Å². The number of hydrogen-bond acceptors (Lipinski definition) is 4.